The van der Waals surface area contributed by atoms with E-state index in [4.69, 9.17) is 0 Å². The van der Waals surface area contributed by atoms with Crippen LogP contribution < -0.4 is 5.32 Å². The summed E-state index contributed by atoms with van der Waals surface area (Å²) in [7, 11) is 1.91. The molecule has 0 aromatic rings. The predicted molar refractivity (Wildman–Crippen MR) is 50.1 cm³/mol. The summed E-state index contributed by atoms with van der Waals surface area (Å²) >= 11 is 0. The maximum absolute atomic E-state index is 11.7. The summed E-state index contributed by atoms with van der Waals surface area (Å²) in [5, 5.41) is 3.08. The van der Waals surface area contributed by atoms with Crippen LogP contribution in [0.3, 0.4) is 0 Å². The molecule has 0 aromatic carbocycles. The minimum absolute atomic E-state index is 0.264. The lowest BCUT2D eigenvalue weighted by Gasteiger charge is -2.27. The molecule has 2 nitrogen and oxygen atoms in total. The van der Waals surface area contributed by atoms with Gasteiger partial charge >= 0.3 is 0 Å². The van der Waals surface area contributed by atoms with E-state index in [9.17, 15) is 4.79 Å². The highest BCUT2D eigenvalue weighted by molar-refractivity contribution is 5.84. The molecule has 1 unspecified atom stereocenters. The average Bonchev–Trinajstić information content (AvgIpc) is 1.96. The van der Waals surface area contributed by atoms with Gasteiger partial charge in [-0.3, -0.25) is 4.79 Å². The third kappa shape index (κ3) is 2.07. The molecule has 1 aliphatic carbocycles. The maximum atomic E-state index is 11.7. The standard InChI is InChI=1S/C10H19NO/c1-3-8(7-11-2)10(12)9-5-4-6-9/h8-9,11H,3-7H2,1-2H3. The lowest BCUT2D eigenvalue weighted by atomic mass is 9.77. The van der Waals surface area contributed by atoms with Gasteiger partial charge in [0.25, 0.3) is 0 Å². The second kappa shape index (κ2) is 4.61. The molecule has 0 radical (unpaired) electrons. The topological polar surface area (TPSA) is 29.1 Å². The Kier molecular flexibility index (Phi) is 3.73. The van der Waals surface area contributed by atoms with Crippen LogP contribution in [0.15, 0.2) is 0 Å². The zero-order valence-corrected chi connectivity index (χ0v) is 8.10. The van der Waals surface area contributed by atoms with Crippen LogP contribution in [-0.4, -0.2) is 19.4 Å². The van der Waals surface area contributed by atoms with Crippen molar-refractivity contribution < 1.29 is 4.79 Å². The Hall–Kier alpha value is -0.370. The van der Waals surface area contributed by atoms with Crippen molar-refractivity contribution in [1.82, 2.24) is 5.32 Å². The van der Waals surface area contributed by atoms with Crippen LogP contribution in [0.5, 0.6) is 0 Å². The summed E-state index contributed by atoms with van der Waals surface area (Å²) in [5.41, 5.74) is 0. The van der Waals surface area contributed by atoms with Crippen LogP contribution in [0.1, 0.15) is 32.6 Å². The molecule has 1 aliphatic rings. The summed E-state index contributed by atoms with van der Waals surface area (Å²) < 4.78 is 0. The fourth-order valence-electron chi connectivity index (χ4n) is 1.72. The van der Waals surface area contributed by atoms with E-state index >= 15 is 0 Å². The summed E-state index contributed by atoms with van der Waals surface area (Å²) in [5.74, 6) is 1.17. The SMILES string of the molecule is CCC(CNC)C(=O)C1CCC1. The van der Waals surface area contributed by atoms with Gasteiger partial charge in [0.15, 0.2) is 0 Å². The van der Waals surface area contributed by atoms with Crippen molar-refractivity contribution in [2.45, 2.75) is 32.6 Å². The van der Waals surface area contributed by atoms with Gasteiger partial charge in [-0.15, -0.1) is 0 Å². The zero-order chi connectivity index (χ0) is 8.97. The van der Waals surface area contributed by atoms with E-state index < -0.39 is 0 Å². The van der Waals surface area contributed by atoms with E-state index in [0.717, 1.165) is 25.8 Å². The summed E-state index contributed by atoms with van der Waals surface area (Å²) in [6.07, 6.45) is 4.51. The number of hydrogen-bond donors (Lipinski definition) is 1. The largest absolute Gasteiger partial charge is 0.319 e. The predicted octanol–water partition coefficient (Wildman–Crippen LogP) is 1.60. The number of nitrogens with one attached hydrogen (secondary N) is 1. The van der Waals surface area contributed by atoms with E-state index in [1.807, 2.05) is 7.05 Å². The van der Waals surface area contributed by atoms with Gasteiger partial charge in [-0.2, -0.15) is 0 Å². The first kappa shape index (κ1) is 9.72. The quantitative estimate of drug-likeness (QED) is 0.677. The van der Waals surface area contributed by atoms with Crippen LogP contribution in [0.4, 0.5) is 0 Å². The lowest BCUT2D eigenvalue weighted by Crippen LogP contribution is -2.33. The third-order valence-electron chi connectivity index (χ3n) is 2.85. The number of hydrogen-bond acceptors (Lipinski definition) is 2. The first-order valence-electron chi connectivity index (χ1n) is 4.98. The highest BCUT2D eigenvalue weighted by Crippen LogP contribution is 2.30. The van der Waals surface area contributed by atoms with Gasteiger partial charge in [-0.25, -0.2) is 0 Å². The van der Waals surface area contributed by atoms with E-state index in [1.54, 1.807) is 0 Å². The second-order valence-electron chi connectivity index (χ2n) is 3.69. The maximum Gasteiger partial charge on any atom is 0.140 e. The molecule has 12 heavy (non-hydrogen) atoms. The third-order valence-corrected chi connectivity index (χ3v) is 2.85. The Morgan fingerprint density at radius 3 is 2.58 bits per heavy atom. The number of rotatable bonds is 5. The number of Topliss-reactive ketones (excluding diaryl/α,β-unsaturated/α-hetero) is 1. The normalized spacial score (nSPS) is 20.2. The van der Waals surface area contributed by atoms with Gasteiger partial charge in [0.1, 0.15) is 5.78 Å². The molecular formula is C10H19NO. The van der Waals surface area contributed by atoms with Crippen molar-refractivity contribution >= 4 is 5.78 Å². The monoisotopic (exact) mass is 169 g/mol. The van der Waals surface area contributed by atoms with Crippen molar-refractivity contribution in [2.75, 3.05) is 13.6 Å². The van der Waals surface area contributed by atoms with Crippen molar-refractivity contribution in [1.29, 1.82) is 0 Å². The second-order valence-corrected chi connectivity index (χ2v) is 3.69. The molecule has 0 aromatic heterocycles. The van der Waals surface area contributed by atoms with E-state index in [2.05, 4.69) is 12.2 Å². The van der Waals surface area contributed by atoms with Crippen LogP contribution in [0, 0.1) is 11.8 Å². The molecule has 0 spiro atoms. The smallest absolute Gasteiger partial charge is 0.140 e. The Bertz CT molecular complexity index is 152. The fraction of sp³-hybridized carbons (Fsp3) is 0.900. The average molecular weight is 169 g/mol. The van der Waals surface area contributed by atoms with Gasteiger partial charge in [0.05, 0.1) is 0 Å². The fourth-order valence-corrected chi connectivity index (χ4v) is 1.72. The highest BCUT2D eigenvalue weighted by Gasteiger charge is 2.29. The van der Waals surface area contributed by atoms with Gasteiger partial charge < -0.3 is 5.32 Å². The van der Waals surface area contributed by atoms with Crippen molar-refractivity contribution in [3.8, 4) is 0 Å². The molecule has 0 saturated heterocycles. The summed E-state index contributed by atoms with van der Waals surface area (Å²) in [4.78, 5) is 11.7. The number of ketones is 1. The minimum atomic E-state index is 0.264. The van der Waals surface area contributed by atoms with Gasteiger partial charge in [0, 0.05) is 18.4 Å². The van der Waals surface area contributed by atoms with Crippen molar-refractivity contribution in [3.05, 3.63) is 0 Å². The minimum Gasteiger partial charge on any atom is -0.319 e. The number of carbonyl (C=O) groups is 1. The summed E-state index contributed by atoms with van der Waals surface area (Å²) in [6, 6.07) is 0. The molecule has 2 heteroatoms. The highest BCUT2D eigenvalue weighted by atomic mass is 16.1. The molecule has 1 saturated carbocycles. The van der Waals surface area contributed by atoms with E-state index in [1.165, 1.54) is 6.42 Å². The van der Waals surface area contributed by atoms with Crippen LogP contribution in [0.25, 0.3) is 0 Å². The molecule has 0 aliphatic heterocycles. The molecule has 1 N–H and O–H groups in total. The van der Waals surface area contributed by atoms with Crippen LogP contribution >= 0.6 is 0 Å². The molecule has 70 valence electrons. The first-order valence-corrected chi connectivity index (χ1v) is 4.98. The Morgan fingerprint density at radius 2 is 2.25 bits per heavy atom. The van der Waals surface area contributed by atoms with Gasteiger partial charge in [-0.05, 0) is 26.3 Å². The molecular weight excluding hydrogens is 150 g/mol. The lowest BCUT2D eigenvalue weighted by molar-refractivity contribution is -0.129. The molecule has 1 rings (SSSR count). The van der Waals surface area contributed by atoms with E-state index in [0.29, 0.717) is 11.7 Å². The van der Waals surface area contributed by atoms with Gasteiger partial charge in [0.2, 0.25) is 0 Å². The van der Waals surface area contributed by atoms with Crippen LogP contribution in [0.2, 0.25) is 0 Å². The Balaban J connectivity index is 2.35. The molecule has 0 heterocycles. The molecule has 1 atom stereocenters. The zero-order valence-electron chi connectivity index (χ0n) is 8.10. The first-order chi connectivity index (χ1) is 5.79. The van der Waals surface area contributed by atoms with Crippen molar-refractivity contribution in [3.63, 3.8) is 0 Å². The van der Waals surface area contributed by atoms with Crippen molar-refractivity contribution in [2.24, 2.45) is 11.8 Å². The molecule has 1 fully saturated rings. The van der Waals surface area contributed by atoms with E-state index in [-0.39, 0.29) is 5.92 Å². The molecule has 0 bridgehead atoms. The Morgan fingerprint density at radius 1 is 1.58 bits per heavy atom. The van der Waals surface area contributed by atoms with Crippen LogP contribution in [-0.2, 0) is 4.79 Å². The summed E-state index contributed by atoms with van der Waals surface area (Å²) in [6.45, 7) is 2.95. The van der Waals surface area contributed by atoms with Gasteiger partial charge in [-0.1, -0.05) is 13.3 Å². The molecule has 0 amide bonds. The Labute approximate surface area is 74.7 Å². The number of carbonyl (C=O) groups excluding carboxylic acids is 1.